The summed E-state index contributed by atoms with van der Waals surface area (Å²) in [5.41, 5.74) is 10.1. The van der Waals surface area contributed by atoms with Gasteiger partial charge in [0.15, 0.2) is 11.3 Å². The zero-order chi connectivity index (χ0) is 24.4. The molecule has 0 saturated heterocycles. The Bertz CT molecular complexity index is 1330. The topological polar surface area (TPSA) is 108 Å². The van der Waals surface area contributed by atoms with E-state index in [4.69, 9.17) is 47.9 Å². The zero-order valence-electron chi connectivity index (χ0n) is 18.5. The van der Waals surface area contributed by atoms with Crippen molar-refractivity contribution in [2.24, 2.45) is 5.73 Å². The lowest BCUT2D eigenvalue weighted by Gasteiger charge is -2.13. The third kappa shape index (κ3) is 5.12. The van der Waals surface area contributed by atoms with Crippen LogP contribution in [0.25, 0.3) is 22.6 Å². The van der Waals surface area contributed by atoms with Gasteiger partial charge in [-0.05, 0) is 73.0 Å². The molecule has 1 aromatic heterocycles. The Labute approximate surface area is 206 Å². The first-order valence-corrected chi connectivity index (χ1v) is 11.1. The highest BCUT2D eigenvalue weighted by molar-refractivity contribution is 6.37. The van der Waals surface area contributed by atoms with Crippen LogP contribution in [0.15, 0.2) is 52.9 Å². The largest absolute Gasteiger partial charge is 0.497 e. The van der Waals surface area contributed by atoms with Gasteiger partial charge in [0.1, 0.15) is 23.9 Å². The zero-order valence-corrected chi connectivity index (χ0v) is 20.0. The molecule has 9 heteroatoms. The Morgan fingerprint density at radius 3 is 2.44 bits per heavy atom. The Kier molecular flexibility index (Phi) is 6.97. The summed E-state index contributed by atoms with van der Waals surface area (Å²) in [6.45, 7) is 2.11. The summed E-state index contributed by atoms with van der Waals surface area (Å²) in [6.07, 6.45) is 0.0970. The van der Waals surface area contributed by atoms with Crippen LogP contribution < -0.4 is 15.2 Å². The molecule has 3 aromatic carbocycles. The third-order valence-electron chi connectivity index (χ3n) is 5.25. The first kappa shape index (κ1) is 23.9. The molecule has 1 atom stereocenters. The van der Waals surface area contributed by atoms with Gasteiger partial charge in [-0.25, -0.2) is 4.98 Å². The summed E-state index contributed by atoms with van der Waals surface area (Å²) in [5, 5.41) is 9.55. The highest BCUT2D eigenvalue weighted by atomic mass is 35.5. The summed E-state index contributed by atoms with van der Waals surface area (Å²) in [4.78, 5) is 15.6. The summed E-state index contributed by atoms with van der Waals surface area (Å²) in [7, 11) is 1.61. The van der Waals surface area contributed by atoms with Gasteiger partial charge in [-0.1, -0.05) is 23.2 Å². The summed E-state index contributed by atoms with van der Waals surface area (Å²) in [5.74, 6) is 0.423. The lowest BCUT2D eigenvalue weighted by molar-refractivity contribution is -0.138. The van der Waals surface area contributed by atoms with E-state index in [-0.39, 0.29) is 23.1 Å². The maximum absolute atomic E-state index is 11.0. The number of benzene rings is 3. The number of carboxylic acids is 1. The predicted octanol–water partition coefficient (Wildman–Crippen LogP) is 5.65. The molecule has 1 unspecified atom stereocenters. The number of hydrogen-bond acceptors (Lipinski definition) is 6. The molecular weight excluding hydrogens is 479 g/mol. The van der Waals surface area contributed by atoms with E-state index in [2.05, 4.69) is 4.98 Å². The van der Waals surface area contributed by atoms with Crippen LogP contribution in [-0.2, 0) is 17.8 Å². The van der Waals surface area contributed by atoms with Crippen molar-refractivity contribution in [2.75, 3.05) is 7.11 Å². The van der Waals surface area contributed by atoms with Gasteiger partial charge in [-0.3, -0.25) is 4.79 Å². The van der Waals surface area contributed by atoms with Crippen molar-refractivity contribution in [1.29, 1.82) is 0 Å². The van der Waals surface area contributed by atoms with Gasteiger partial charge in [0.05, 0.1) is 17.2 Å². The van der Waals surface area contributed by atoms with Gasteiger partial charge < -0.3 is 24.7 Å². The highest BCUT2D eigenvalue weighted by Gasteiger charge is 2.18. The van der Waals surface area contributed by atoms with E-state index >= 15 is 0 Å². The SMILES string of the molecule is COc1ccc(-c2nc3cc(C)cc(COc4c(Cl)cc(CC(N)C(=O)O)cc4Cl)c3o2)cc1. The molecule has 4 aromatic rings. The Balaban J connectivity index is 1.60. The van der Waals surface area contributed by atoms with Crippen LogP contribution in [0.2, 0.25) is 10.0 Å². The number of ether oxygens (including phenoxy) is 2. The second-order valence-electron chi connectivity index (χ2n) is 7.85. The molecular formula is C25H22Cl2N2O5. The van der Waals surface area contributed by atoms with Crippen molar-refractivity contribution >= 4 is 40.3 Å². The van der Waals surface area contributed by atoms with Gasteiger partial charge in [0.25, 0.3) is 0 Å². The van der Waals surface area contributed by atoms with Crippen molar-refractivity contribution in [3.05, 3.63) is 75.3 Å². The average molecular weight is 501 g/mol. The molecule has 0 radical (unpaired) electrons. The second-order valence-corrected chi connectivity index (χ2v) is 8.66. The van der Waals surface area contributed by atoms with Gasteiger partial charge in [-0.15, -0.1) is 0 Å². The van der Waals surface area contributed by atoms with E-state index in [0.29, 0.717) is 28.3 Å². The summed E-state index contributed by atoms with van der Waals surface area (Å²) < 4.78 is 17.2. The Hall–Kier alpha value is -3.26. The number of halogens is 2. The molecule has 0 aliphatic heterocycles. The molecule has 1 heterocycles. The number of aliphatic carboxylic acids is 1. The number of oxazole rings is 1. The molecule has 0 spiro atoms. The van der Waals surface area contributed by atoms with Gasteiger partial charge in [-0.2, -0.15) is 0 Å². The van der Waals surface area contributed by atoms with Gasteiger partial charge >= 0.3 is 5.97 Å². The van der Waals surface area contributed by atoms with Crippen molar-refractivity contribution in [3.8, 4) is 23.0 Å². The van der Waals surface area contributed by atoms with E-state index in [1.54, 1.807) is 19.2 Å². The number of aromatic nitrogens is 1. The smallest absolute Gasteiger partial charge is 0.320 e. The van der Waals surface area contributed by atoms with Crippen LogP contribution in [0.4, 0.5) is 0 Å². The van der Waals surface area contributed by atoms with Gasteiger partial charge in [0, 0.05) is 11.1 Å². The lowest BCUT2D eigenvalue weighted by atomic mass is 10.1. The number of methoxy groups -OCH3 is 1. The van der Waals surface area contributed by atoms with Crippen molar-refractivity contribution in [3.63, 3.8) is 0 Å². The minimum absolute atomic E-state index is 0.0970. The van der Waals surface area contributed by atoms with E-state index in [0.717, 1.165) is 22.4 Å². The Morgan fingerprint density at radius 1 is 1.15 bits per heavy atom. The molecule has 176 valence electrons. The minimum Gasteiger partial charge on any atom is -0.497 e. The number of carboxylic acid groups (broad SMARTS) is 1. The standard InChI is InChI=1S/C25H22Cl2N2O5/c1-13-7-16(12-33-23-18(26)9-14(10-19(23)27)11-20(28)25(30)31)22-21(8-13)29-24(34-22)15-3-5-17(32-2)6-4-15/h3-10,20H,11-12,28H2,1-2H3,(H,30,31). The normalized spacial score (nSPS) is 12.0. The molecule has 0 aliphatic carbocycles. The third-order valence-corrected chi connectivity index (χ3v) is 5.81. The molecule has 0 aliphatic rings. The average Bonchev–Trinajstić information content (AvgIpc) is 3.22. The van der Waals surface area contributed by atoms with Crippen molar-refractivity contribution in [2.45, 2.75) is 26.0 Å². The number of nitrogens with zero attached hydrogens (tertiary/aromatic N) is 1. The Morgan fingerprint density at radius 2 is 1.82 bits per heavy atom. The number of nitrogens with two attached hydrogens (primary N) is 1. The fourth-order valence-electron chi connectivity index (χ4n) is 3.58. The maximum atomic E-state index is 11.0. The molecule has 7 nitrogen and oxygen atoms in total. The summed E-state index contributed by atoms with van der Waals surface area (Å²) >= 11 is 12.8. The van der Waals surface area contributed by atoms with E-state index in [9.17, 15) is 4.79 Å². The van der Waals surface area contributed by atoms with E-state index < -0.39 is 12.0 Å². The molecule has 4 rings (SSSR count). The van der Waals surface area contributed by atoms with Crippen LogP contribution in [0.1, 0.15) is 16.7 Å². The minimum atomic E-state index is -1.10. The fraction of sp³-hybridized carbons (Fsp3) is 0.200. The molecule has 0 amide bonds. The van der Waals surface area contributed by atoms with Crippen LogP contribution in [0, 0.1) is 6.92 Å². The quantitative estimate of drug-likeness (QED) is 0.321. The van der Waals surface area contributed by atoms with E-state index in [1.807, 2.05) is 43.3 Å². The molecule has 34 heavy (non-hydrogen) atoms. The first-order chi connectivity index (χ1) is 16.2. The molecule has 3 N–H and O–H groups in total. The lowest BCUT2D eigenvalue weighted by Crippen LogP contribution is -2.32. The van der Waals surface area contributed by atoms with Crippen LogP contribution in [0.5, 0.6) is 11.5 Å². The maximum Gasteiger partial charge on any atom is 0.320 e. The number of rotatable bonds is 8. The van der Waals surface area contributed by atoms with Crippen LogP contribution >= 0.6 is 23.2 Å². The summed E-state index contributed by atoms with van der Waals surface area (Å²) in [6, 6.07) is 13.5. The van der Waals surface area contributed by atoms with Gasteiger partial charge in [0.2, 0.25) is 5.89 Å². The fourth-order valence-corrected chi connectivity index (χ4v) is 4.22. The number of hydrogen-bond donors (Lipinski definition) is 2. The van der Waals surface area contributed by atoms with Crippen LogP contribution in [-0.4, -0.2) is 29.2 Å². The first-order valence-electron chi connectivity index (χ1n) is 10.4. The predicted molar refractivity (Wildman–Crippen MR) is 131 cm³/mol. The monoisotopic (exact) mass is 500 g/mol. The van der Waals surface area contributed by atoms with Crippen LogP contribution in [0.3, 0.4) is 0 Å². The van der Waals surface area contributed by atoms with E-state index in [1.165, 1.54) is 0 Å². The second kappa shape index (κ2) is 9.93. The molecule has 0 bridgehead atoms. The van der Waals surface area contributed by atoms with Crippen molar-refractivity contribution in [1.82, 2.24) is 4.98 Å². The number of aryl methyl sites for hydroxylation is 1. The highest BCUT2D eigenvalue weighted by Crippen LogP contribution is 2.36. The molecule has 0 fully saturated rings. The van der Waals surface area contributed by atoms with Crippen molar-refractivity contribution < 1.29 is 23.8 Å². The molecule has 0 saturated carbocycles. The number of carbonyl (C=O) groups is 1. The number of fused-ring (bicyclic) bond motifs is 1.